The fraction of sp³-hybridized carbons (Fsp3) is 0.333. The number of hydrogen-bond donors (Lipinski definition) is 2. The summed E-state index contributed by atoms with van der Waals surface area (Å²) < 4.78 is 0.909. The van der Waals surface area contributed by atoms with Crippen molar-refractivity contribution in [3.05, 3.63) is 27.6 Å². The molecular weight excluding hydrogens is 295 g/mol. The van der Waals surface area contributed by atoms with Crippen molar-refractivity contribution in [3.8, 4) is 0 Å². The van der Waals surface area contributed by atoms with Crippen molar-refractivity contribution in [3.63, 3.8) is 0 Å². The molecule has 1 heterocycles. The molecule has 0 saturated heterocycles. The fourth-order valence-electron chi connectivity index (χ4n) is 0.889. The number of halogens is 1. The van der Waals surface area contributed by atoms with Crippen LogP contribution in [-0.4, -0.2) is 28.6 Å². The van der Waals surface area contributed by atoms with Crippen LogP contribution in [0.2, 0.25) is 0 Å². The lowest BCUT2D eigenvalue weighted by Crippen LogP contribution is -2.35. The lowest BCUT2D eigenvalue weighted by molar-refractivity contribution is 0.0922. The molecule has 4 nitrogen and oxygen atoms in total. The first kappa shape index (κ1) is 11.4. The van der Waals surface area contributed by atoms with E-state index in [0.29, 0.717) is 5.56 Å². The molecule has 1 aromatic rings. The van der Waals surface area contributed by atoms with Gasteiger partial charge < -0.3 is 10.4 Å². The van der Waals surface area contributed by atoms with Gasteiger partial charge in [0.2, 0.25) is 0 Å². The number of hydrogen-bond acceptors (Lipinski definition) is 3. The number of pyridine rings is 1. The monoisotopic (exact) mass is 306 g/mol. The number of rotatable bonds is 3. The van der Waals surface area contributed by atoms with E-state index < -0.39 is 0 Å². The zero-order valence-electron chi connectivity index (χ0n) is 7.70. The Balaban J connectivity index is 2.70. The van der Waals surface area contributed by atoms with Crippen LogP contribution in [0.15, 0.2) is 18.5 Å². The fourth-order valence-corrected chi connectivity index (χ4v) is 1.39. The van der Waals surface area contributed by atoms with E-state index in [1.807, 2.05) is 0 Å². The van der Waals surface area contributed by atoms with Gasteiger partial charge in [0.15, 0.2) is 0 Å². The second kappa shape index (κ2) is 5.26. The highest BCUT2D eigenvalue weighted by Crippen LogP contribution is 2.05. The van der Waals surface area contributed by atoms with E-state index in [2.05, 4.69) is 32.9 Å². The van der Waals surface area contributed by atoms with Gasteiger partial charge in [-0.3, -0.25) is 9.78 Å². The molecule has 0 spiro atoms. The summed E-state index contributed by atoms with van der Waals surface area (Å²) >= 11 is 2.09. The highest BCUT2D eigenvalue weighted by Gasteiger charge is 2.08. The lowest BCUT2D eigenvalue weighted by atomic mass is 10.2. The normalized spacial score (nSPS) is 12.2. The molecule has 0 bridgehead atoms. The maximum atomic E-state index is 11.5. The first-order valence-electron chi connectivity index (χ1n) is 4.15. The number of carbonyl (C=O) groups excluding carboxylic acids is 1. The van der Waals surface area contributed by atoms with Crippen LogP contribution in [0.3, 0.4) is 0 Å². The van der Waals surface area contributed by atoms with Crippen LogP contribution in [0.25, 0.3) is 0 Å². The second-order valence-electron chi connectivity index (χ2n) is 2.95. The summed E-state index contributed by atoms with van der Waals surface area (Å²) in [5, 5.41) is 11.4. The van der Waals surface area contributed by atoms with Crippen molar-refractivity contribution < 1.29 is 9.90 Å². The largest absolute Gasteiger partial charge is 0.394 e. The van der Waals surface area contributed by atoms with E-state index in [-0.39, 0.29) is 18.6 Å². The number of amides is 1. The van der Waals surface area contributed by atoms with Crippen molar-refractivity contribution in [2.75, 3.05) is 6.61 Å². The van der Waals surface area contributed by atoms with Gasteiger partial charge >= 0.3 is 0 Å². The Morgan fingerprint density at radius 3 is 3.00 bits per heavy atom. The van der Waals surface area contributed by atoms with Crippen LogP contribution < -0.4 is 5.32 Å². The van der Waals surface area contributed by atoms with Crippen LogP contribution in [0, 0.1) is 3.57 Å². The van der Waals surface area contributed by atoms with Gasteiger partial charge in [0, 0.05) is 22.0 Å². The SMILES string of the molecule is CC(CO)NC(=O)c1cncc(I)c1. The minimum absolute atomic E-state index is 0.0664. The van der Waals surface area contributed by atoms with E-state index in [4.69, 9.17) is 5.11 Å². The minimum atomic E-state index is -0.236. The van der Waals surface area contributed by atoms with Gasteiger partial charge in [-0.15, -0.1) is 0 Å². The van der Waals surface area contributed by atoms with E-state index >= 15 is 0 Å². The smallest absolute Gasteiger partial charge is 0.253 e. The predicted octanol–water partition coefficient (Wildman–Crippen LogP) is 0.797. The van der Waals surface area contributed by atoms with Crippen LogP contribution in [0.1, 0.15) is 17.3 Å². The maximum absolute atomic E-state index is 11.5. The number of nitrogens with zero attached hydrogens (tertiary/aromatic N) is 1. The molecular formula is C9H11IN2O2. The molecule has 0 aliphatic carbocycles. The van der Waals surface area contributed by atoms with Gasteiger partial charge in [-0.05, 0) is 35.6 Å². The molecule has 0 aliphatic heterocycles. The predicted molar refractivity (Wildman–Crippen MR) is 61.0 cm³/mol. The van der Waals surface area contributed by atoms with E-state index in [1.165, 1.54) is 6.20 Å². The first-order chi connectivity index (χ1) is 6.63. The van der Waals surface area contributed by atoms with Crippen molar-refractivity contribution in [1.29, 1.82) is 0 Å². The van der Waals surface area contributed by atoms with E-state index in [9.17, 15) is 4.79 Å². The van der Waals surface area contributed by atoms with E-state index in [1.54, 1.807) is 19.2 Å². The van der Waals surface area contributed by atoms with Gasteiger partial charge in [-0.2, -0.15) is 0 Å². The number of carbonyl (C=O) groups is 1. The van der Waals surface area contributed by atoms with Crippen LogP contribution in [-0.2, 0) is 0 Å². The highest BCUT2D eigenvalue weighted by atomic mass is 127. The molecule has 1 unspecified atom stereocenters. The van der Waals surface area contributed by atoms with Crippen molar-refractivity contribution in [2.24, 2.45) is 0 Å². The molecule has 1 aromatic heterocycles. The molecule has 1 amide bonds. The summed E-state index contributed by atoms with van der Waals surface area (Å²) in [6, 6.07) is 1.51. The van der Waals surface area contributed by atoms with Crippen LogP contribution in [0.4, 0.5) is 0 Å². The Kier molecular flexibility index (Phi) is 4.27. The first-order valence-corrected chi connectivity index (χ1v) is 5.23. The summed E-state index contributed by atoms with van der Waals surface area (Å²) in [6.07, 6.45) is 3.18. The molecule has 76 valence electrons. The van der Waals surface area contributed by atoms with Gasteiger partial charge in [0.25, 0.3) is 5.91 Å². The molecule has 1 atom stereocenters. The third-order valence-electron chi connectivity index (χ3n) is 1.62. The average molecular weight is 306 g/mol. The summed E-state index contributed by atoms with van der Waals surface area (Å²) in [7, 11) is 0. The Bertz CT molecular complexity index is 330. The second-order valence-corrected chi connectivity index (χ2v) is 4.19. The van der Waals surface area contributed by atoms with Crippen molar-refractivity contribution >= 4 is 28.5 Å². The number of aromatic nitrogens is 1. The van der Waals surface area contributed by atoms with Gasteiger partial charge in [0.05, 0.1) is 12.2 Å². The van der Waals surface area contributed by atoms with Crippen LogP contribution in [0.5, 0.6) is 0 Å². The Hall–Kier alpha value is -0.690. The summed E-state index contributed by atoms with van der Waals surface area (Å²) in [5.74, 6) is -0.211. The molecule has 0 aliphatic rings. The van der Waals surface area contributed by atoms with Crippen LogP contribution >= 0.6 is 22.6 Å². The van der Waals surface area contributed by atoms with Gasteiger partial charge in [-0.25, -0.2) is 0 Å². The van der Waals surface area contributed by atoms with Crippen molar-refractivity contribution in [2.45, 2.75) is 13.0 Å². The minimum Gasteiger partial charge on any atom is -0.394 e. The Morgan fingerprint density at radius 1 is 1.71 bits per heavy atom. The lowest BCUT2D eigenvalue weighted by Gasteiger charge is -2.10. The molecule has 0 saturated carbocycles. The summed E-state index contributed by atoms with van der Waals surface area (Å²) in [4.78, 5) is 15.4. The number of nitrogens with one attached hydrogen (secondary N) is 1. The van der Waals surface area contributed by atoms with E-state index in [0.717, 1.165) is 3.57 Å². The Morgan fingerprint density at radius 2 is 2.43 bits per heavy atom. The number of aliphatic hydroxyl groups excluding tert-OH is 1. The molecule has 0 aromatic carbocycles. The Labute approximate surface area is 95.9 Å². The third-order valence-corrected chi connectivity index (χ3v) is 2.21. The zero-order chi connectivity index (χ0) is 10.6. The average Bonchev–Trinajstić information content (AvgIpc) is 2.17. The molecule has 5 heteroatoms. The quantitative estimate of drug-likeness (QED) is 0.812. The molecule has 14 heavy (non-hydrogen) atoms. The molecule has 2 N–H and O–H groups in total. The van der Waals surface area contributed by atoms with Crippen molar-refractivity contribution in [1.82, 2.24) is 10.3 Å². The summed E-state index contributed by atoms with van der Waals surface area (Å²) in [5.41, 5.74) is 0.511. The molecule has 0 fully saturated rings. The third kappa shape index (κ3) is 3.22. The topological polar surface area (TPSA) is 62.2 Å². The zero-order valence-corrected chi connectivity index (χ0v) is 9.85. The number of aliphatic hydroxyl groups is 1. The maximum Gasteiger partial charge on any atom is 0.253 e. The van der Waals surface area contributed by atoms with Gasteiger partial charge in [0.1, 0.15) is 0 Å². The highest BCUT2D eigenvalue weighted by molar-refractivity contribution is 14.1. The summed E-state index contributed by atoms with van der Waals surface area (Å²) in [6.45, 7) is 1.67. The molecule has 1 rings (SSSR count). The van der Waals surface area contributed by atoms with Gasteiger partial charge in [-0.1, -0.05) is 0 Å². The standard InChI is InChI=1S/C9H11IN2O2/c1-6(5-13)12-9(14)7-2-8(10)4-11-3-7/h2-4,6,13H,5H2,1H3,(H,12,14). The molecule has 0 radical (unpaired) electrons.